The van der Waals surface area contributed by atoms with Crippen molar-refractivity contribution in [1.82, 2.24) is 5.32 Å². The van der Waals surface area contributed by atoms with Crippen LogP contribution in [0, 0.1) is 6.92 Å². The van der Waals surface area contributed by atoms with Gasteiger partial charge in [0.1, 0.15) is 0 Å². The summed E-state index contributed by atoms with van der Waals surface area (Å²) in [6, 6.07) is 16.5. The normalized spacial score (nSPS) is 11.1. The van der Waals surface area contributed by atoms with Gasteiger partial charge >= 0.3 is 0 Å². The Kier molecular flexibility index (Phi) is 5.39. The Bertz CT molecular complexity index is 995. The zero-order chi connectivity index (χ0) is 18.6. The van der Waals surface area contributed by atoms with Crippen LogP contribution in [0.15, 0.2) is 70.9 Å². The van der Waals surface area contributed by atoms with Gasteiger partial charge < -0.3 is 5.32 Å². The molecule has 0 spiro atoms. The second kappa shape index (κ2) is 7.72. The summed E-state index contributed by atoms with van der Waals surface area (Å²) in [6.45, 7) is 2.48. The lowest BCUT2D eigenvalue weighted by molar-refractivity contribution is 0.0951. The summed E-state index contributed by atoms with van der Waals surface area (Å²) in [6.07, 6.45) is 0. The molecule has 7 heteroatoms. The number of sulfonamides is 1. The molecule has 1 heterocycles. The highest BCUT2D eigenvalue weighted by atomic mass is 32.2. The lowest BCUT2D eigenvalue weighted by Gasteiger charge is -2.09. The quantitative estimate of drug-likeness (QED) is 0.677. The maximum Gasteiger partial charge on any atom is 0.261 e. The van der Waals surface area contributed by atoms with Crippen LogP contribution in [0.25, 0.3) is 0 Å². The van der Waals surface area contributed by atoms with Crippen molar-refractivity contribution >= 4 is 33.0 Å². The van der Waals surface area contributed by atoms with E-state index < -0.39 is 10.0 Å². The molecule has 0 radical (unpaired) electrons. The molecule has 1 aromatic heterocycles. The second-order valence-electron chi connectivity index (χ2n) is 5.71. The average molecular weight is 386 g/mol. The third kappa shape index (κ3) is 4.30. The maximum absolute atomic E-state index is 12.3. The third-order valence-electron chi connectivity index (χ3n) is 3.83. The number of aryl methyl sites for hydroxylation is 1. The summed E-state index contributed by atoms with van der Waals surface area (Å²) >= 11 is 1.60. The van der Waals surface area contributed by atoms with Gasteiger partial charge in [0.05, 0.1) is 11.4 Å². The van der Waals surface area contributed by atoms with Crippen LogP contribution in [0.3, 0.4) is 0 Å². The molecule has 2 N–H and O–H groups in total. The van der Waals surface area contributed by atoms with Gasteiger partial charge in [-0.05, 0) is 60.3 Å². The van der Waals surface area contributed by atoms with Crippen LogP contribution in [0.2, 0.25) is 0 Å². The van der Waals surface area contributed by atoms with Crippen molar-refractivity contribution < 1.29 is 13.2 Å². The highest BCUT2D eigenvalue weighted by Gasteiger charge is 2.14. The smallest absolute Gasteiger partial charge is 0.261 e. The van der Waals surface area contributed by atoms with Crippen LogP contribution in [-0.4, -0.2) is 14.3 Å². The number of rotatable bonds is 6. The molecule has 0 atom stereocenters. The second-order valence-corrected chi connectivity index (χ2v) is 8.39. The molecule has 0 saturated carbocycles. The minimum Gasteiger partial charge on any atom is -0.347 e. The summed E-state index contributed by atoms with van der Waals surface area (Å²) in [5.41, 5.74) is 2.03. The summed E-state index contributed by atoms with van der Waals surface area (Å²) in [5, 5.41) is 4.86. The molecule has 5 nitrogen and oxygen atoms in total. The number of hydrogen-bond donors (Lipinski definition) is 2. The Morgan fingerprint density at radius 1 is 1.00 bits per heavy atom. The molecular formula is C19H18N2O3S2. The van der Waals surface area contributed by atoms with E-state index >= 15 is 0 Å². The van der Waals surface area contributed by atoms with Gasteiger partial charge in [0.15, 0.2) is 0 Å². The molecule has 0 fully saturated rings. The van der Waals surface area contributed by atoms with Crippen molar-refractivity contribution in [1.29, 1.82) is 0 Å². The molecular weight excluding hydrogens is 368 g/mol. The molecule has 3 aromatic rings. The first kappa shape index (κ1) is 18.2. The lowest BCUT2D eigenvalue weighted by atomic mass is 10.2. The van der Waals surface area contributed by atoms with Crippen LogP contribution in [0.1, 0.15) is 20.8 Å². The highest BCUT2D eigenvalue weighted by Crippen LogP contribution is 2.17. The van der Waals surface area contributed by atoms with E-state index in [0.717, 1.165) is 10.4 Å². The molecule has 0 aliphatic carbocycles. The maximum atomic E-state index is 12.3. The molecule has 1 amide bonds. The Balaban J connectivity index is 1.65. The van der Waals surface area contributed by atoms with Crippen LogP contribution in [-0.2, 0) is 16.6 Å². The van der Waals surface area contributed by atoms with E-state index in [1.807, 2.05) is 18.4 Å². The van der Waals surface area contributed by atoms with E-state index in [-0.39, 0.29) is 10.8 Å². The van der Waals surface area contributed by atoms with E-state index in [1.165, 1.54) is 12.1 Å². The zero-order valence-corrected chi connectivity index (χ0v) is 15.7. The van der Waals surface area contributed by atoms with Crippen molar-refractivity contribution in [3.8, 4) is 0 Å². The van der Waals surface area contributed by atoms with Crippen LogP contribution in [0.4, 0.5) is 5.69 Å². The monoisotopic (exact) mass is 386 g/mol. The summed E-state index contributed by atoms with van der Waals surface area (Å²) in [7, 11) is -3.64. The number of anilines is 1. The van der Waals surface area contributed by atoms with Crippen molar-refractivity contribution in [3.63, 3.8) is 0 Å². The molecule has 0 unspecified atom stereocenters. The van der Waals surface area contributed by atoms with Crippen molar-refractivity contribution in [2.75, 3.05) is 4.72 Å². The Morgan fingerprint density at radius 2 is 1.69 bits per heavy atom. The van der Waals surface area contributed by atoms with E-state index in [4.69, 9.17) is 0 Å². The molecule has 0 saturated heterocycles. The average Bonchev–Trinajstić information content (AvgIpc) is 3.06. The molecule has 0 bridgehead atoms. The molecule has 2 aromatic carbocycles. The van der Waals surface area contributed by atoms with E-state index in [2.05, 4.69) is 10.0 Å². The number of thiophene rings is 1. The number of carbonyl (C=O) groups is 1. The van der Waals surface area contributed by atoms with Crippen molar-refractivity contribution in [2.24, 2.45) is 0 Å². The van der Waals surface area contributed by atoms with Gasteiger partial charge in [-0.1, -0.05) is 18.2 Å². The van der Waals surface area contributed by atoms with E-state index in [9.17, 15) is 13.2 Å². The molecule has 26 heavy (non-hydrogen) atoms. The van der Waals surface area contributed by atoms with Gasteiger partial charge in [-0.15, -0.1) is 11.3 Å². The fourth-order valence-electron chi connectivity index (χ4n) is 2.35. The van der Waals surface area contributed by atoms with Gasteiger partial charge in [0.25, 0.3) is 15.9 Å². The fraction of sp³-hybridized carbons (Fsp3) is 0.105. The Hall–Kier alpha value is -2.64. The van der Waals surface area contributed by atoms with Crippen molar-refractivity contribution in [3.05, 3.63) is 82.0 Å². The first-order valence-electron chi connectivity index (χ1n) is 7.95. The minimum atomic E-state index is -3.64. The highest BCUT2D eigenvalue weighted by molar-refractivity contribution is 7.92. The first-order chi connectivity index (χ1) is 12.5. The molecule has 0 aliphatic heterocycles. The molecule has 3 rings (SSSR count). The predicted molar refractivity (Wildman–Crippen MR) is 104 cm³/mol. The number of hydrogen-bond acceptors (Lipinski definition) is 4. The largest absolute Gasteiger partial charge is 0.347 e. The van der Waals surface area contributed by atoms with E-state index in [1.54, 1.807) is 53.8 Å². The summed E-state index contributed by atoms with van der Waals surface area (Å²) in [4.78, 5) is 13.5. The SMILES string of the molecule is Cc1ccsc1CNC(=O)c1ccc(NS(=O)(=O)c2ccccc2)cc1. The molecule has 134 valence electrons. The summed E-state index contributed by atoms with van der Waals surface area (Å²) in [5.74, 6) is -0.199. The first-order valence-corrected chi connectivity index (χ1v) is 10.3. The topological polar surface area (TPSA) is 75.3 Å². The third-order valence-corrected chi connectivity index (χ3v) is 6.25. The van der Waals surface area contributed by atoms with Gasteiger partial charge in [-0.25, -0.2) is 8.42 Å². The predicted octanol–water partition coefficient (Wildman–Crippen LogP) is 3.79. The van der Waals surface area contributed by atoms with Gasteiger partial charge in [0.2, 0.25) is 0 Å². The number of carbonyl (C=O) groups excluding carboxylic acids is 1. The summed E-state index contributed by atoms with van der Waals surface area (Å²) < 4.78 is 27.1. The van der Waals surface area contributed by atoms with Crippen molar-refractivity contribution in [2.45, 2.75) is 18.4 Å². The zero-order valence-electron chi connectivity index (χ0n) is 14.1. The molecule has 0 aliphatic rings. The number of nitrogens with one attached hydrogen (secondary N) is 2. The lowest BCUT2D eigenvalue weighted by Crippen LogP contribution is -2.22. The van der Waals surface area contributed by atoms with E-state index in [0.29, 0.717) is 17.8 Å². The van der Waals surface area contributed by atoms with Gasteiger partial charge in [-0.3, -0.25) is 9.52 Å². The number of amides is 1. The van der Waals surface area contributed by atoms with Crippen LogP contribution < -0.4 is 10.0 Å². The van der Waals surface area contributed by atoms with Crippen LogP contribution in [0.5, 0.6) is 0 Å². The van der Waals surface area contributed by atoms with Crippen LogP contribution >= 0.6 is 11.3 Å². The van der Waals surface area contributed by atoms with Gasteiger partial charge in [-0.2, -0.15) is 0 Å². The Labute approximate surface area is 156 Å². The minimum absolute atomic E-state index is 0.188. The number of benzene rings is 2. The standard InChI is InChI=1S/C19H18N2O3S2/c1-14-11-12-25-18(14)13-20-19(22)15-7-9-16(10-8-15)21-26(23,24)17-5-3-2-4-6-17/h2-12,21H,13H2,1H3,(H,20,22). The fourth-order valence-corrected chi connectivity index (χ4v) is 4.28. The Morgan fingerprint density at radius 3 is 2.31 bits per heavy atom. The van der Waals surface area contributed by atoms with Gasteiger partial charge in [0, 0.05) is 16.1 Å².